The molecule has 7 heteroatoms. The van der Waals surface area contributed by atoms with Crippen LogP contribution >= 0.6 is 0 Å². The summed E-state index contributed by atoms with van der Waals surface area (Å²) in [5, 5.41) is 0. The Balaban J connectivity index is 2.65. The van der Waals surface area contributed by atoms with Gasteiger partial charge >= 0.3 is 11.8 Å². The smallest absolute Gasteiger partial charge is 0.323 e. The van der Waals surface area contributed by atoms with Gasteiger partial charge in [-0.3, -0.25) is 9.69 Å². The molecule has 0 spiro atoms. The third kappa shape index (κ3) is 1.90. The van der Waals surface area contributed by atoms with E-state index in [1.54, 1.807) is 0 Å². The van der Waals surface area contributed by atoms with E-state index in [9.17, 15) is 22.4 Å². The Morgan fingerprint density at radius 2 is 1.62 bits per heavy atom. The molecule has 1 fully saturated rings. The Kier molecular flexibility index (Phi) is 2.23. The van der Waals surface area contributed by atoms with Gasteiger partial charge in [-0.1, -0.05) is 0 Å². The van der Waals surface area contributed by atoms with E-state index in [1.807, 2.05) is 0 Å². The molecule has 1 amide bonds. The third-order valence-electron chi connectivity index (χ3n) is 1.76. The number of hydrogen-bond donors (Lipinski definition) is 1. The molecule has 13 heavy (non-hydrogen) atoms. The van der Waals surface area contributed by atoms with Crippen molar-refractivity contribution in [3.8, 4) is 0 Å². The lowest BCUT2D eigenvalue weighted by Crippen LogP contribution is -2.38. The van der Waals surface area contributed by atoms with Crippen molar-refractivity contribution in [1.29, 1.82) is 0 Å². The second-order valence-corrected chi connectivity index (χ2v) is 3.02. The molecular weight excluding hydrogens is 192 g/mol. The zero-order valence-corrected chi connectivity index (χ0v) is 6.57. The summed E-state index contributed by atoms with van der Waals surface area (Å²) in [5.41, 5.74) is 4.68. The highest BCUT2D eigenvalue weighted by Gasteiger charge is 2.62. The Morgan fingerprint density at radius 3 is 1.92 bits per heavy atom. The molecule has 0 bridgehead atoms. The minimum absolute atomic E-state index is 0.564. The van der Waals surface area contributed by atoms with E-state index in [0.29, 0.717) is 4.90 Å². The van der Waals surface area contributed by atoms with Gasteiger partial charge in [0, 0.05) is 0 Å². The van der Waals surface area contributed by atoms with Crippen molar-refractivity contribution in [1.82, 2.24) is 4.90 Å². The lowest BCUT2D eigenvalue weighted by molar-refractivity contribution is -0.172. The Labute approximate surface area is 71.5 Å². The van der Waals surface area contributed by atoms with E-state index < -0.39 is 37.4 Å². The highest BCUT2D eigenvalue weighted by Crippen LogP contribution is 2.40. The molecule has 1 saturated heterocycles. The Bertz CT molecular complexity index is 215. The summed E-state index contributed by atoms with van der Waals surface area (Å²) >= 11 is 0. The second kappa shape index (κ2) is 2.83. The maximum atomic E-state index is 12.5. The van der Waals surface area contributed by atoms with E-state index in [4.69, 9.17) is 0 Å². The molecule has 76 valence electrons. The number of alkyl halides is 4. The van der Waals surface area contributed by atoms with Gasteiger partial charge in [0.25, 0.3) is 0 Å². The molecule has 1 rings (SSSR count). The normalized spacial score (nSPS) is 26.2. The van der Waals surface area contributed by atoms with E-state index in [-0.39, 0.29) is 0 Å². The predicted molar refractivity (Wildman–Crippen MR) is 35.5 cm³/mol. The summed E-state index contributed by atoms with van der Waals surface area (Å²) < 4.78 is 49.9. The first-order valence-electron chi connectivity index (χ1n) is 3.51. The number of rotatable bonds is 2. The molecule has 1 heterocycles. The quantitative estimate of drug-likeness (QED) is 0.640. The summed E-state index contributed by atoms with van der Waals surface area (Å²) in [6, 6.07) is 0. The molecule has 0 aromatic carbocycles. The van der Waals surface area contributed by atoms with Gasteiger partial charge in [-0.25, -0.2) is 0 Å². The minimum atomic E-state index is -4.07. The zero-order chi connectivity index (χ0) is 10.3. The van der Waals surface area contributed by atoms with Crippen LogP contribution in [0.25, 0.3) is 0 Å². The molecule has 0 atom stereocenters. The lowest BCUT2D eigenvalue weighted by Gasteiger charge is -2.15. The van der Waals surface area contributed by atoms with Crippen LogP contribution in [0.1, 0.15) is 0 Å². The largest absolute Gasteiger partial charge is 0.369 e. The average molecular weight is 200 g/mol. The maximum Gasteiger partial charge on any atom is 0.323 e. The van der Waals surface area contributed by atoms with Crippen molar-refractivity contribution >= 4 is 5.91 Å². The van der Waals surface area contributed by atoms with Gasteiger partial charge in [-0.05, 0) is 0 Å². The highest BCUT2D eigenvalue weighted by molar-refractivity contribution is 5.76. The average Bonchev–Trinajstić information content (AvgIpc) is 1.98. The summed E-state index contributed by atoms with van der Waals surface area (Å²) in [6.07, 6.45) is 0. The van der Waals surface area contributed by atoms with E-state index in [2.05, 4.69) is 5.73 Å². The summed E-state index contributed by atoms with van der Waals surface area (Å²) in [4.78, 5) is 10.9. The number of primary amides is 1. The monoisotopic (exact) mass is 200 g/mol. The SMILES string of the molecule is NC(=O)CN1CC(F)(F)C(F)(F)C1. The standard InChI is InChI=1S/C6H8F4N2O/c7-5(8)2-12(1-4(11)13)3-6(5,9)10/h1-3H2,(H2,11,13). The molecule has 0 unspecified atom stereocenters. The second-order valence-electron chi connectivity index (χ2n) is 3.02. The van der Waals surface area contributed by atoms with Crippen LogP contribution in [0.3, 0.4) is 0 Å². The van der Waals surface area contributed by atoms with Crippen molar-refractivity contribution in [2.24, 2.45) is 5.73 Å². The summed E-state index contributed by atoms with van der Waals surface area (Å²) in [6.45, 7) is -2.81. The van der Waals surface area contributed by atoms with Crippen LogP contribution in [0.2, 0.25) is 0 Å². The van der Waals surface area contributed by atoms with Crippen LogP contribution in [0.4, 0.5) is 17.6 Å². The molecule has 0 aromatic rings. The first-order valence-corrected chi connectivity index (χ1v) is 3.51. The minimum Gasteiger partial charge on any atom is -0.369 e. The van der Waals surface area contributed by atoms with E-state index in [0.717, 1.165) is 0 Å². The number of carbonyl (C=O) groups excluding carboxylic acids is 1. The fraction of sp³-hybridized carbons (Fsp3) is 0.833. The number of nitrogens with zero attached hydrogens (tertiary/aromatic N) is 1. The number of amides is 1. The topological polar surface area (TPSA) is 46.3 Å². The zero-order valence-electron chi connectivity index (χ0n) is 6.57. The fourth-order valence-corrected chi connectivity index (χ4v) is 1.18. The number of likely N-dealkylation sites (tertiary alicyclic amines) is 1. The first-order chi connectivity index (χ1) is 5.74. The van der Waals surface area contributed by atoms with E-state index in [1.165, 1.54) is 0 Å². The van der Waals surface area contributed by atoms with Gasteiger partial charge in [0.1, 0.15) is 0 Å². The molecule has 3 nitrogen and oxygen atoms in total. The van der Waals surface area contributed by atoms with Gasteiger partial charge in [-0.2, -0.15) is 17.6 Å². The van der Waals surface area contributed by atoms with Crippen LogP contribution in [0.5, 0.6) is 0 Å². The van der Waals surface area contributed by atoms with Crippen molar-refractivity contribution in [3.63, 3.8) is 0 Å². The maximum absolute atomic E-state index is 12.5. The number of hydrogen-bond acceptors (Lipinski definition) is 2. The van der Waals surface area contributed by atoms with Crippen LogP contribution in [-0.2, 0) is 4.79 Å². The van der Waals surface area contributed by atoms with Gasteiger partial charge in [0.15, 0.2) is 0 Å². The number of halogens is 4. The molecule has 0 saturated carbocycles. The predicted octanol–water partition coefficient (Wildman–Crippen LogP) is 0.0579. The molecule has 0 aliphatic carbocycles. The highest BCUT2D eigenvalue weighted by atomic mass is 19.3. The lowest BCUT2D eigenvalue weighted by atomic mass is 10.2. The molecule has 1 aliphatic rings. The van der Waals surface area contributed by atoms with Gasteiger partial charge < -0.3 is 5.73 Å². The molecule has 2 N–H and O–H groups in total. The van der Waals surface area contributed by atoms with Crippen LogP contribution in [0.15, 0.2) is 0 Å². The summed E-state index contributed by atoms with van der Waals surface area (Å²) in [7, 11) is 0. The molecule has 0 radical (unpaired) electrons. The first kappa shape index (κ1) is 10.2. The molecular formula is C6H8F4N2O. The molecule has 1 aliphatic heterocycles. The number of carbonyl (C=O) groups is 1. The van der Waals surface area contributed by atoms with Crippen molar-refractivity contribution in [2.75, 3.05) is 19.6 Å². The van der Waals surface area contributed by atoms with Gasteiger partial charge in [-0.15, -0.1) is 0 Å². The van der Waals surface area contributed by atoms with Crippen LogP contribution in [-0.4, -0.2) is 42.3 Å². The van der Waals surface area contributed by atoms with Crippen LogP contribution in [0, 0.1) is 0 Å². The van der Waals surface area contributed by atoms with Gasteiger partial charge in [0.05, 0.1) is 19.6 Å². The van der Waals surface area contributed by atoms with Gasteiger partial charge in [0.2, 0.25) is 5.91 Å². The van der Waals surface area contributed by atoms with Crippen molar-refractivity contribution in [3.05, 3.63) is 0 Å². The Morgan fingerprint density at radius 1 is 1.23 bits per heavy atom. The Hall–Kier alpha value is -0.850. The van der Waals surface area contributed by atoms with Crippen molar-refractivity contribution < 1.29 is 22.4 Å². The molecule has 0 aromatic heterocycles. The van der Waals surface area contributed by atoms with Crippen molar-refractivity contribution in [2.45, 2.75) is 11.8 Å². The summed E-state index contributed by atoms with van der Waals surface area (Å²) in [5.74, 6) is -9.03. The van der Waals surface area contributed by atoms with Crippen LogP contribution < -0.4 is 5.73 Å². The number of nitrogens with two attached hydrogens (primary N) is 1. The third-order valence-corrected chi connectivity index (χ3v) is 1.76. The fourth-order valence-electron chi connectivity index (χ4n) is 1.18. The van der Waals surface area contributed by atoms with E-state index >= 15 is 0 Å².